The molecule has 0 saturated heterocycles. The number of nitrogens with zero attached hydrogens (tertiary/aromatic N) is 2. The second-order valence-electron chi connectivity index (χ2n) is 2.20. The lowest BCUT2D eigenvalue weighted by atomic mass is 10.2. The molecule has 0 aliphatic heterocycles. The van der Waals surface area contributed by atoms with E-state index in [0.29, 0.717) is 10.4 Å². The Bertz CT molecular complexity index is 275. The molecule has 3 nitrogen and oxygen atoms in total. The third kappa shape index (κ3) is 1.39. The monoisotopic (exact) mass is 192 g/mol. The molecule has 5 heteroatoms. The minimum absolute atomic E-state index is 0.0758. The SMILES string of the molecule is Cc1c(Cl)n[n+]([O-])c(Cl)c1C. The maximum atomic E-state index is 10.8. The minimum Gasteiger partial charge on any atom is -0.593 e. The van der Waals surface area contributed by atoms with Crippen LogP contribution in [0.3, 0.4) is 0 Å². The van der Waals surface area contributed by atoms with Crippen molar-refractivity contribution in [1.29, 1.82) is 0 Å². The summed E-state index contributed by atoms with van der Waals surface area (Å²) in [5.41, 5.74) is 1.41. The highest BCUT2D eigenvalue weighted by Gasteiger charge is 2.14. The molecule has 0 aliphatic carbocycles. The molecule has 1 aromatic rings. The first kappa shape index (κ1) is 8.56. The van der Waals surface area contributed by atoms with E-state index in [4.69, 9.17) is 23.2 Å². The van der Waals surface area contributed by atoms with E-state index in [1.54, 1.807) is 13.8 Å². The van der Waals surface area contributed by atoms with Gasteiger partial charge in [-0.2, -0.15) is 0 Å². The van der Waals surface area contributed by atoms with Gasteiger partial charge in [0.25, 0.3) is 0 Å². The zero-order valence-corrected chi connectivity index (χ0v) is 7.57. The van der Waals surface area contributed by atoms with Crippen LogP contribution in [0.1, 0.15) is 11.1 Å². The Morgan fingerprint density at radius 1 is 1.27 bits per heavy atom. The highest BCUT2D eigenvalue weighted by molar-refractivity contribution is 6.31. The van der Waals surface area contributed by atoms with Gasteiger partial charge >= 0.3 is 5.15 Å². The van der Waals surface area contributed by atoms with Gasteiger partial charge in [0.05, 0.1) is 0 Å². The number of rotatable bonds is 0. The number of hydrogen-bond donors (Lipinski definition) is 0. The van der Waals surface area contributed by atoms with Crippen molar-refractivity contribution in [2.24, 2.45) is 0 Å². The van der Waals surface area contributed by atoms with Gasteiger partial charge in [-0.1, -0.05) is 11.6 Å². The van der Waals surface area contributed by atoms with Gasteiger partial charge in [0, 0.05) is 16.2 Å². The lowest BCUT2D eigenvalue weighted by Crippen LogP contribution is -2.33. The Morgan fingerprint density at radius 3 is 2.36 bits per heavy atom. The van der Waals surface area contributed by atoms with Gasteiger partial charge in [-0.05, 0) is 30.3 Å². The number of hydrogen-bond acceptors (Lipinski definition) is 2. The molecule has 0 spiro atoms. The Balaban J connectivity index is 3.46. The molecular weight excluding hydrogens is 187 g/mol. The first-order chi connectivity index (χ1) is 5.04. The van der Waals surface area contributed by atoms with Crippen LogP contribution < -0.4 is 4.85 Å². The van der Waals surface area contributed by atoms with E-state index in [1.807, 2.05) is 0 Å². The molecule has 1 heterocycles. The fraction of sp³-hybridized carbons (Fsp3) is 0.333. The van der Waals surface area contributed by atoms with E-state index in [2.05, 4.69) is 5.10 Å². The third-order valence-electron chi connectivity index (χ3n) is 1.53. The molecule has 0 aliphatic rings. The van der Waals surface area contributed by atoms with Crippen molar-refractivity contribution in [3.63, 3.8) is 0 Å². The average molecular weight is 193 g/mol. The standard InChI is InChI=1S/C6H6Cl2N2O/c1-3-4(2)6(8)10(11)9-5(3)7/h1-2H3. The van der Waals surface area contributed by atoms with Crippen LogP contribution >= 0.6 is 23.2 Å². The lowest BCUT2D eigenvalue weighted by Gasteiger charge is -2.02. The van der Waals surface area contributed by atoms with Crippen LogP contribution in [0.4, 0.5) is 0 Å². The second-order valence-corrected chi connectivity index (χ2v) is 2.92. The first-order valence-electron chi connectivity index (χ1n) is 2.96. The predicted octanol–water partition coefficient (Wildman–Crippen LogP) is 1.64. The summed E-state index contributed by atoms with van der Waals surface area (Å²) >= 11 is 11.2. The maximum Gasteiger partial charge on any atom is 0.316 e. The maximum absolute atomic E-state index is 10.8. The van der Waals surface area contributed by atoms with Crippen molar-refractivity contribution in [3.8, 4) is 0 Å². The van der Waals surface area contributed by atoms with Gasteiger partial charge in [0.2, 0.25) is 5.15 Å². The smallest absolute Gasteiger partial charge is 0.316 e. The molecule has 60 valence electrons. The number of aromatic nitrogens is 2. The average Bonchev–Trinajstić information content (AvgIpc) is 1.97. The largest absolute Gasteiger partial charge is 0.593 e. The normalized spacial score (nSPS) is 10.2. The van der Waals surface area contributed by atoms with Crippen LogP contribution in [0, 0.1) is 19.1 Å². The summed E-state index contributed by atoms with van der Waals surface area (Å²) in [6.07, 6.45) is 0. The lowest BCUT2D eigenvalue weighted by molar-refractivity contribution is -0.667. The molecular formula is C6H6Cl2N2O. The summed E-state index contributed by atoms with van der Waals surface area (Å²) < 4.78 is 0. The van der Waals surface area contributed by atoms with Crippen LogP contribution in [0.5, 0.6) is 0 Å². The van der Waals surface area contributed by atoms with Crippen LogP contribution in [0.25, 0.3) is 0 Å². The van der Waals surface area contributed by atoms with E-state index < -0.39 is 0 Å². The molecule has 0 amide bonds. The summed E-state index contributed by atoms with van der Waals surface area (Å²) in [5.74, 6) is 0. The molecule has 1 rings (SSSR count). The molecule has 0 atom stereocenters. The molecule has 0 aromatic carbocycles. The summed E-state index contributed by atoms with van der Waals surface area (Å²) in [6.45, 7) is 3.48. The van der Waals surface area contributed by atoms with E-state index in [1.165, 1.54) is 0 Å². The van der Waals surface area contributed by atoms with Gasteiger partial charge in [-0.3, -0.25) is 0 Å². The summed E-state index contributed by atoms with van der Waals surface area (Å²) in [4.78, 5) is 0.312. The topological polar surface area (TPSA) is 39.8 Å². The molecule has 0 unspecified atom stereocenters. The van der Waals surface area contributed by atoms with E-state index in [0.717, 1.165) is 5.56 Å². The highest BCUT2D eigenvalue weighted by Crippen LogP contribution is 2.18. The molecule has 0 fully saturated rings. The van der Waals surface area contributed by atoms with Crippen molar-refractivity contribution in [1.82, 2.24) is 5.10 Å². The van der Waals surface area contributed by atoms with Crippen molar-refractivity contribution >= 4 is 23.2 Å². The minimum atomic E-state index is 0.0758. The Hall–Kier alpha value is -0.540. The third-order valence-corrected chi connectivity index (χ3v) is 2.32. The van der Waals surface area contributed by atoms with Crippen LogP contribution in [0.2, 0.25) is 10.3 Å². The van der Waals surface area contributed by atoms with Gasteiger partial charge in [-0.15, -0.1) is 0 Å². The fourth-order valence-corrected chi connectivity index (χ4v) is 1.04. The van der Waals surface area contributed by atoms with Crippen molar-refractivity contribution in [3.05, 3.63) is 26.6 Å². The van der Waals surface area contributed by atoms with Crippen LogP contribution in [-0.2, 0) is 0 Å². The van der Waals surface area contributed by atoms with Crippen molar-refractivity contribution in [2.75, 3.05) is 0 Å². The number of halogens is 2. The van der Waals surface area contributed by atoms with Gasteiger partial charge in [0.15, 0.2) is 0 Å². The van der Waals surface area contributed by atoms with Gasteiger partial charge in [-0.25, -0.2) is 0 Å². The van der Waals surface area contributed by atoms with Crippen molar-refractivity contribution < 1.29 is 4.85 Å². The zero-order chi connectivity index (χ0) is 8.59. The highest BCUT2D eigenvalue weighted by atomic mass is 35.5. The predicted molar refractivity (Wildman–Crippen MR) is 42.7 cm³/mol. The second kappa shape index (κ2) is 2.83. The Labute approximate surface area is 74.1 Å². The van der Waals surface area contributed by atoms with Crippen LogP contribution in [-0.4, -0.2) is 5.10 Å². The van der Waals surface area contributed by atoms with E-state index in [-0.39, 0.29) is 10.3 Å². The quantitative estimate of drug-likeness (QED) is 0.464. The van der Waals surface area contributed by atoms with Gasteiger partial charge in [0.1, 0.15) is 0 Å². The molecule has 1 aromatic heterocycles. The van der Waals surface area contributed by atoms with E-state index >= 15 is 0 Å². The zero-order valence-electron chi connectivity index (χ0n) is 6.06. The van der Waals surface area contributed by atoms with Crippen molar-refractivity contribution in [2.45, 2.75) is 13.8 Å². The Kier molecular flexibility index (Phi) is 2.20. The Morgan fingerprint density at radius 2 is 1.82 bits per heavy atom. The fourth-order valence-electron chi connectivity index (χ4n) is 0.652. The summed E-state index contributed by atoms with van der Waals surface area (Å²) in [5, 5.41) is 14.5. The molecule has 0 saturated carbocycles. The molecule has 0 N–H and O–H groups in total. The summed E-state index contributed by atoms with van der Waals surface area (Å²) in [6, 6.07) is 0. The van der Waals surface area contributed by atoms with E-state index in [9.17, 15) is 5.21 Å². The summed E-state index contributed by atoms with van der Waals surface area (Å²) in [7, 11) is 0. The van der Waals surface area contributed by atoms with Gasteiger partial charge < -0.3 is 5.21 Å². The first-order valence-corrected chi connectivity index (χ1v) is 3.71. The molecule has 0 radical (unpaired) electrons. The van der Waals surface area contributed by atoms with Crippen LogP contribution in [0.15, 0.2) is 0 Å². The molecule has 11 heavy (non-hydrogen) atoms. The molecule has 0 bridgehead atoms.